The molecule has 32 heavy (non-hydrogen) atoms. The Labute approximate surface area is 191 Å². The lowest BCUT2D eigenvalue weighted by atomic mass is 9.99. The van der Waals surface area contributed by atoms with E-state index < -0.39 is 11.7 Å². The third kappa shape index (κ3) is 4.79. The molecule has 4 heterocycles. The molecule has 0 bridgehead atoms. The Hall–Kier alpha value is -2.89. The number of anilines is 1. The van der Waals surface area contributed by atoms with Gasteiger partial charge in [0.2, 0.25) is 5.13 Å². The van der Waals surface area contributed by atoms with Gasteiger partial charge in [0, 0.05) is 23.8 Å². The van der Waals surface area contributed by atoms with Crippen molar-refractivity contribution in [3.05, 3.63) is 40.7 Å². The molecule has 0 spiro atoms. The molecule has 9 nitrogen and oxygen atoms in total. The number of halogens is 2. The zero-order valence-electron chi connectivity index (χ0n) is 17.2. The van der Waals surface area contributed by atoms with Gasteiger partial charge >= 0.3 is 0 Å². The monoisotopic (exact) mass is 479 g/mol. The SMILES string of the molecule is COc1cncc(F)c1-c1cc(C)nc(Cl)c1C(=O)Nc1nnc(OC[C@@H]2CCOC2)s1. The number of carbonyl (C=O) groups is 1. The highest BCUT2D eigenvalue weighted by molar-refractivity contribution is 7.17. The summed E-state index contributed by atoms with van der Waals surface area (Å²) < 4.78 is 30.9. The van der Waals surface area contributed by atoms with Crippen LogP contribution in [-0.2, 0) is 4.74 Å². The third-order valence-electron chi connectivity index (χ3n) is 4.78. The third-order valence-corrected chi connectivity index (χ3v) is 5.80. The molecule has 168 valence electrons. The van der Waals surface area contributed by atoms with E-state index in [1.807, 2.05) is 0 Å². The van der Waals surface area contributed by atoms with Crippen LogP contribution < -0.4 is 14.8 Å². The van der Waals surface area contributed by atoms with Gasteiger partial charge < -0.3 is 14.2 Å². The van der Waals surface area contributed by atoms with Gasteiger partial charge in [-0.05, 0) is 30.7 Å². The lowest BCUT2D eigenvalue weighted by molar-refractivity contribution is 0.102. The average molecular weight is 480 g/mol. The fraction of sp³-hybridized carbons (Fsp3) is 0.350. The summed E-state index contributed by atoms with van der Waals surface area (Å²) in [6.07, 6.45) is 3.32. The molecule has 0 unspecified atom stereocenters. The minimum atomic E-state index is -0.664. The van der Waals surface area contributed by atoms with Crippen LogP contribution in [0, 0.1) is 18.7 Å². The lowest BCUT2D eigenvalue weighted by Crippen LogP contribution is -2.15. The molecule has 1 aliphatic rings. The molecule has 0 aliphatic carbocycles. The molecule has 0 aromatic carbocycles. The molecule has 1 N–H and O–H groups in total. The van der Waals surface area contributed by atoms with Crippen molar-refractivity contribution in [1.82, 2.24) is 20.2 Å². The fourth-order valence-corrected chi connectivity index (χ4v) is 4.18. The molecule has 4 rings (SSSR count). The van der Waals surface area contributed by atoms with Crippen LogP contribution in [0.2, 0.25) is 5.15 Å². The van der Waals surface area contributed by atoms with E-state index in [-0.39, 0.29) is 32.7 Å². The summed E-state index contributed by atoms with van der Waals surface area (Å²) in [5.74, 6) is -0.824. The van der Waals surface area contributed by atoms with Crippen LogP contribution >= 0.6 is 22.9 Å². The molecule has 1 atom stereocenters. The van der Waals surface area contributed by atoms with E-state index in [4.69, 9.17) is 25.8 Å². The first kappa shape index (κ1) is 22.3. The lowest BCUT2D eigenvalue weighted by Gasteiger charge is -2.14. The topological polar surface area (TPSA) is 108 Å². The Bertz CT molecular complexity index is 1140. The first-order chi connectivity index (χ1) is 15.5. The van der Waals surface area contributed by atoms with Gasteiger partial charge in [-0.2, -0.15) is 0 Å². The number of nitrogens with one attached hydrogen (secondary N) is 1. The number of aryl methyl sites for hydroxylation is 1. The molecule has 1 amide bonds. The Morgan fingerprint density at radius 3 is 3.00 bits per heavy atom. The Balaban J connectivity index is 1.60. The van der Waals surface area contributed by atoms with Crippen molar-refractivity contribution in [3.8, 4) is 22.1 Å². The van der Waals surface area contributed by atoms with E-state index >= 15 is 0 Å². The molecule has 1 aliphatic heterocycles. The van der Waals surface area contributed by atoms with Gasteiger partial charge in [0.05, 0.1) is 43.8 Å². The number of ether oxygens (including phenoxy) is 3. The van der Waals surface area contributed by atoms with Crippen LogP contribution in [0.5, 0.6) is 10.9 Å². The van der Waals surface area contributed by atoms with E-state index in [1.54, 1.807) is 13.0 Å². The Morgan fingerprint density at radius 2 is 2.25 bits per heavy atom. The van der Waals surface area contributed by atoms with Gasteiger partial charge in [-0.3, -0.25) is 15.1 Å². The number of rotatable bonds is 7. The molecular formula is C20H19ClFN5O4S. The van der Waals surface area contributed by atoms with Gasteiger partial charge in [0.15, 0.2) is 5.82 Å². The minimum Gasteiger partial charge on any atom is -0.494 e. The van der Waals surface area contributed by atoms with E-state index in [9.17, 15) is 9.18 Å². The summed E-state index contributed by atoms with van der Waals surface area (Å²) in [6.45, 7) is 3.52. The van der Waals surface area contributed by atoms with Crippen molar-refractivity contribution >= 4 is 34.0 Å². The Kier molecular flexibility index (Phi) is 6.77. The van der Waals surface area contributed by atoms with Crippen molar-refractivity contribution in [1.29, 1.82) is 0 Å². The van der Waals surface area contributed by atoms with E-state index in [1.165, 1.54) is 13.3 Å². The number of pyridine rings is 2. The molecule has 1 saturated heterocycles. The number of methoxy groups -OCH3 is 1. The zero-order valence-corrected chi connectivity index (χ0v) is 18.8. The molecule has 0 radical (unpaired) electrons. The van der Waals surface area contributed by atoms with Crippen LogP contribution in [0.15, 0.2) is 18.5 Å². The normalized spacial score (nSPS) is 15.6. The standard InChI is InChI=1S/C20H19ClFN5O4S/c1-10-5-12(15-13(22)6-23-7-14(15)29-2)16(17(21)24-10)18(28)25-19-26-27-20(32-19)31-9-11-3-4-30-8-11/h5-7,11H,3-4,8-9H2,1-2H3,(H,25,26,28)/t11-/m1/s1. The van der Waals surface area contributed by atoms with E-state index in [0.717, 1.165) is 30.6 Å². The second-order valence-corrected chi connectivity index (χ2v) is 8.34. The number of hydrogen-bond acceptors (Lipinski definition) is 9. The summed E-state index contributed by atoms with van der Waals surface area (Å²) in [7, 11) is 1.38. The van der Waals surface area contributed by atoms with Crippen LogP contribution in [-0.4, -0.2) is 53.0 Å². The zero-order chi connectivity index (χ0) is 22.7. The van der Waals surface area contributed by atoms with Gasteiger partial charge in [0.1, 0.15) is 10.9 Å². The van der Waals surface area contributed by atoms with Crippen molar-refractivity contribution in [2.45, 2.75) is 13.3 Å². The maximum atomic E-state index is 14.7. The minimum absolute atomic E-state index is 0.0264. The van der Waals surface area contributed by atoms with Gasteiger partial charge in [0.25, 0.3) is 11.1 Å². The summed E-state index contributed by atoms with van der Waals surface area (Å²) >= 11 is 7.37. The van der Waals surface area contributed by atoms with Crippen molar-refractivity contribution < 1.29 is 23.4 Å². The van der Waals surface area contributed by atoms with Crippen molar-refractivity contribution in [2.24, 2.45) is 5.92 Å². The van der Waals surface area contributed by atoms with Crippen LogP contribution in [0.1, 0.15) is 22.5 Å². The second kappa shape index (κ2) is 9.72. The summed E-state index contributed by atoms with van der Waals surface area (Å²) in [6, 6.07) is 1.56. The van der Waals surface area contributed by atoms with Crippen LogP contribution in [0.3, 0.4) is 0 Å². The highest BCUT2D eigenvalue weighted by Gasteiger charge is 2.25. The van der Waals surface area contributed by atoms with Crippen LogP contribution in [0.25, 0.3) is 11.1 Å². The molecule has 1 fully saturated rings. The molecule has 0 saturated carbocycles. The molecule has 3 aromatic rings. The maximum Gasteiger partial charge on any atom is 0.295 e. The van der Waals surface area contributed by atoms with Gasteiger partial charge in [-0.15, -0.1) is 5.10 Å². The highest BCUT2D eigenvalue weighted by atomic mass is 35.5. The predicted molar refractivity (Wildman–Crippen MR) is 116 cm³/mol. The largest absolute Gasteiger partial charge is 0.494 e. The summed E-state index contributed by atoms with van der Waals surface area (Å²) in [4.78, 5) is 21.0. The number of aromatic nitrogens is 4. The smallest absolute Gasteiger partial charge is 0.295 e. The first-order valence-electron chi connectivity index (χ1n) is 9.66. The second-order valence-electron chi connectivity index (χ2n) is 7.04. The number of carbonyl (C=O) groups excluding carboxylic acids is 1. The first-order valence-corrected chi connectivity index (χ1v) is 10.9. The van der Waals surface area contributed by atoms with Crippen LogP contribution in [0.4, 0.5) is 9.52 Å². The average Bonchev–Trinajstić information content (AvgIpc) is 3.43. The van der Waals surface area contributed by atoms with E-state index in [2.05, 4.69) is 25.5 Å². The molecule has 3 aromatic heterocycles. The van der Waals surface area contributed by atoms with E-state index in [0.29, 0.717) is 30.0 Å². The maximum absolute atomic E-state index is 14.7. The quantitative estimate of drug-likeness (QED) is 0.510. The fourth-order valence-electron chi connectivity index (χ4n) is 3.26. The summed E-state index contributed by atoms with van der Waals surface area (Å²) in [5.41, 5.74) is 0.753. The van der Waals surface area contributed by atoms with Crippen molar-refractivity contribution in [3.63, 3.8) is 0 Å². The number of amides is 1. The van der Waals surface area contributed by atoms with Gasteiger partial charge in [-0.25, -0.2) is 9.37 Å². The number of hydrogen-bond donors (Lipinski definition) is 1. The predicted octanol–water partition coefficient (Wildman–Crippen LogP) is 3.77. The van der Waals surface area contributed by atoms with Crippen molar-refractivity contribution in [2.75, 3.05) is 32.2 Å². The summed E-state index contributed by atoms with van der Waals surface area (Å²) in [5, 5.41) is 10.9. The highest BCUT2D eigenvalue weighted by Crippen LogP contribution is 2.37. The molecule has 12 heteroatoms. The Morgan fingerprint density at radius 1 is 1.41 bits per heavy atom. The number of nitrogens with zero attached hydrogens (tertiary/aromatic N) is 4. The molecular weight excluding hydrogens is 461 g/mol. The van der Waals surface area contributed by atoms with Gasteiger partial charge in [-0.1, -0.05) is 16.7 Å².